The van der Waals surface area contributed by atoms with E-state index in [1.54, 1.807) is 25.6 Å². The number of ether oxygens (including phenoxy) is 2. The standard InChI is InChI=1S/C38H24O2S/c1-39-37-30-15-9-10-16-31(30)38(40-2)36-29(20-18-26-13-7-4-8-14-26)33-24-34-27(21-22-41-34)23-32(33)28(35(36)37)19-17-25-11-5-3-6-12-25/h3-16,21-24H,1-2H3. The maximum Gasteiger partial charge on any atom is 0.136 e. The molecule has 0 unspecified atom stereocenters. The lowest BCUT2D eigenvalue weighted by atomic mass is 9.88. The van der Waals surface area contributed by atoms with Crippen molar-refractivity contribution in [1.82, 2.24) is 0 Å². The summed E-state index contributed by atoms with van der Waals surface area (Å²) < 4.78 is 13.6. The lowest BCUT2D eigenvalue weighted by molar-refractivity contribution is 0.417. The highest BCUT2D eigenvalue weighted by Crippen LogP contribution is 2.48. The van der Waals surface area contributed by atoms with Crippen molar-refractivity contribution in [2.45, 2.75) is 0 Å². The average molecular weight is 545 g/mol. The molecule has 0 aliphatic rings. The number of hydrogen-bond donors (Lipinski definition) is 0. The molecule has 0 saturated heterocycles. The first kappa shape index (κ1) is 24.8. The molecule has 0 bridgehead atoms. The smallest absolute Gasteiger partial charge is 0.136 e. The van der Waals surface area contributed by atoms with Crippen LogP contribution < -0.4 is 9.47 Å². The van der Waals surface area contributed by atoms with Gasteiger partial charge < -0.3 is 9.47 Å². The second-order valence-corrected chi connectivity index (χ2v) is 10.6. The molecule has 3 heteroatoms. The minimum absolute atomic E-state index is 0.767. The molecule has 0 radical (unpaired) electrons. The van der Waals surface area contributed by atoms with E-state index in [1.165, 1.54) is 10.1 Å². The van der Waals surface area contributed by atoms with Gasteiger partial charge in [0.1, 0.15) is 11.5 Å². The fourth-order valence-corrected chi connectivity index (χ4v) is 6.35. The molecule has 0 spiro atoms. The molecule has 0 N–H and O–H groups in total. The van der Waals surface area contributed by atoms with Gasteiger partial charge in [0, 0.05) is 59.3 Å². The lowest BCUT2D eigenvalue weighted by Gasteiger charge is -2.19. The zero-order valence-electron chi connectivity index (χ0n) is 22.6. The van der Waals surface area contributed by atoms with E-state index in [0.29, 0.717) is 0 Å². The molecule has 7 aromatic rings. The van der Waals surface area contributed by atoms with Crippen LogP contribution in [0.5, 0.6) is 11.5 Å². The molecule has 1 aromatic heterocycles. The van der Waals surface area contributed by atoms with Crippen LogP contribution in [0.2, 0.25) is 0 Å². The molecule has 41 heavy (non-hydrogen) atoms. The van der Waals surface area contributed by atoms with Crippen molar-refractivity contribution in [3.63, 3.8) is 0 Å². The topological polar surface area (TPSA) is 18.5 Å². The maximum absolute atomic E-state index is 6.20. The van der Waals surface area contributed by atoms with Crippen LogP contribution in [0.15, 0.2) is 109 Å². The van der Waals surface area contributed by atoms with Crippen molar-refractivity contribution in [3.05, 3.63) is 131 Å². The quantitative estimate of drug-likeness (QED) is 0.160. The van der Waals surface area contributed by atoms with Crippen molar-refractivity contribution in [1.29, 1.82) is 0 Å². The van der Waals surface area contributed by atoms with Gasteiger partial charge in [-0.05, 0) is 53.2 Å². The van der Waals surface area contributed by atoms with Gasteiger partial charge in [-0.3, -0.25) is 0 Å². The van der Waals surface area contributed by atoms with Crippen LogP contribution in [-0.4, -0.2) is 14.2 Å². The van der Waals surface area contributed by atoms with Crippen LogP contribution in [-0.2, 0) is 0 Å². The van der Waals surface area contributed by atoms with E-state index in [1.807, 2.05) is 72.8 Å². The summed E-state index contributed by atoms with van der Waals surface area (Å²) in [6.45, 7) is 0. The Kier molecular flexibility index (Phi) is 6.29. The number of fused-ring (bicyclic) bond motifs is 4. The van der Waals surface area contributed by atoms with Gasteiger partial charge in [0.05, 0.1) is 14.2 Å². The molecule has 194 valence electrons. The van der Waals surface area contributed by atoms with E-state index < -0.39 is 0 Å². The van der Waals surface area contributed by atoms with E-state index in [2.05, 4.69) is 59.4 Å². The maximum atomic E-state index is 6.20. The lowest BCUT2D eigenvalue weighted by Crippen LogP contribution is -1.99. The summed E-state index contributed by atoms with van der Waals surface area (Å²) in [4.78, 5) is 0. The van der Waals surface area contributed by atoms with Crippen LogP contribution in [0.1, 0.15) is 22.3 Å². The van der Waals surface area contributed by atoms with E-state index >= 15 is 0 Å². The van der Waals surface area contributed by atoms with Gasteiger partial charge in [-0.1, -0.05) is 84.3 Å². The fourth-order valence-electron chi connectivity index (χ4n) is 5.54. The highest BCUT2D eigenvalue weighted by molar-refractivity contribution is 7.17. The first-order valence-electron chi connectivity index (χ1n) is 13.3. The highest BCUT2D eigenvalue weighted by Gasteiger charge is 2.23. The Bertz CT molecular complexity index is 2060. The normalized spacial score (nSPS) is 10.8. The van der Waals surface area contributed by atoms with E-state index in [0.717, 1.165) is 66.1 Å². The third-order valence-corrected chi connectivity index (χ3v) is 8.25. The van der Waals surface area contributed by atoms with Crippen molar-refractivity contribution in [2.75, 3.05) is 14.2 Å². The summed E-state index contributed by atoms with van der Waals surface area (Å²) in [5.74, 6) is 15.5. The first-order chi connectivity index (χ1) is 20.3. The molecule has 0 aliphatic heterocycles. The van der Waals surface area contributed by atoms with Gasteiger partial charge in [-0.15, -0.1) is 11.3 Å². The van der Waals surface area contributed by atoms with Gasteiger partial charge in [-0.2, -0.15) is 0 Å². The fraction of sp³-hybridized carbons (Fsp3) is 0.0526. The molecule has 0 fully saturated rings. The molecule has 0 saturated carbocycles. The van der Waals surface area contributed by atoms with E-state index in [9.17, 15) is 0 Å². The summed E-state index contributed by atoms with van der Waals surface area (Å²) in [5, 5.41) is 9.16. The zero-order valence-corrected chi connectivity index (χ0v) is 23.4. The van der Waals surface area contributed by atoms with Crippen molar-refractivity contribution >= 4 is 53.7 Å². The van der Waals surface area contributed by atoms with Crippen LogP contribution in [0.3, 0.4) is 0 Å². The Hall–Kier alpha value is -5.22. The number of benzene rings is 6. The molecular weight excluding hydrogens is 520 g/mol. The summed E-state index contributed by atoms with van der Waals surface area (Å²) in [5.41, 5.74) is 3.70. The van der Waals surface area contributed by atoms with Gasteiger partial charge in [0.2, 0.25) is 0 Å². The Labute approximate surface area is 242 Å². The van der Waals surface area contributed by atoms with Crippen LogP contribution in [0, 0.1) is 23.7 Å². The Balaban J connectivity index is 1.74. The van der Waals surface area contributed by atoms with Gasteiger partial charge >= 0.3 is 0 Å². The Morgan fingerprint density at radius 3 is 1.51 bits per heavy atom. The number of methoxy groups -OCH3 is 2. The Morgan fingerprint density at radius 2 is 1.00 bits per heavy atom. The molecule has 0 amide bonds. The summed E-state index contributed by atoms with van der Waals surface area (Å²) in [6.07, 6.45) is 0. The monoisotopic (exact) mass is 544 g/mol. The van der Waals surface area contributed by atoms with Crippen molar-refractivity contribution in [2.24, 2.45) is 0 Å². The molecule has 0 aliphatic carbocycles. The molecule has 6 aromatic carbocycles. The van der Waals surface area contributed by atoms with E-state index in [-0.39, 0.29) is 0 Å². The van der Waals surface area contributed by atoms with E-state index in [4.69, 9.17) is 9.47 Å². The SMILES string of the molecule is COc1c2ccccc2c(OC)c2c(C#Cc3ccccc3)c3cc4sccc4cc3c(C#Cc3ccccc3)c12. The van der Waals surface area contributed by atoms with Crippen LogP contribution >= 0.6 is 11.3 Å². The third kappa shape index (κ3) is 4.25. The third-order valence-electron chi connectivity index (χ3n) is 7.37. The minimum Gasteiger partial charge on any atom is -0.495 e. The molecule has 2 nitrogen and oxygen atoms in total. The predicted octanol–water partition coefficient (Wildman–Crippen LogP) is 9.18. The highest BCUT2D eigenvalue weighted by atomic mass is 32.1. The minimum atomic E-state index is 0.767. The summed E-state index contributed by atoms with van der Waals surface area (Å²) >= 11 is 1.73. The largest absolute Gasteiger partial charge is 0.495 e. The van der Waals surface area contributed by atoms with Crippen LogP contribution in [0.25, 0.3) is 42.4 Å². The predicted molar refractivity (Wildman–Crippen MR) is 172 cm³/mol. The second kappa shape index (κ2) is 10.4. The van der Waals surface area contributed by atoms with Gasteiger partial charge in [-0.25, -0.2) is 0 Å². The average Bonchev–Trinajstić information content (AvgIpc) is 3.49. The summed E-state index contributed by atoms with van der Waals surface area (Å²) in [7, 11) is 3.45. The second-order valence-electron chi connectivity index (χ2n) is 9.70. The summed E-state index contributed by atoms with van der Waals surface area (Å²) in [6, 6.07) is 35.0. The number of hydrogen-bond acceptors (Lipinski definition) is 3. The van der Waals surface area contributed by atoms with Gasteiger partial charge in [0.15, 0.2) is 0 Å². The first-order valence-corrected chi connectivity index (χ1v) is 14.2. The molecular formula is C38H24O2S. The Morgan fingerprint density at radius 1 is 0.512 bits per heavy atom. The van der Waals surface area contributed by atoms with Crippen molar-refractivity contribution in [3.8, 4) is 35.2 Å². The molecule has 7 rings (SSSR count). The number of rotatable bonds is 2. The molecule has 0 atom stereocenters. The van der Waals surface area contributed by atoms with Crippen molar-refractivity contribution < 1.29 is 9.47 Å². The van der Waals surface area contributed by atoms with Crippen LogP contribution in [0.4, 0.5) is 0 Å². The van der Waals surface area contributed by atoms with Gasteiger partial charge in [0.25, 0.3) is 0 Å². The molecule has 1 heterocycles. The zero-order chi connectivity index (χ0) is 27.8. The number of thiophene rings is 1.